The van der Waals surface area contributed by atoms with Gasteiger partial charge in [-0.25, -0.2) is 0 Å². The van der Waals surface area contributed by atoms with Crippen LogP contribution in [0, 0.1) is 0 Å². The Morgan fingerprint density at radius 2 is 1.85 bits per heavy atom. The Morgan fingerprint density at radius 1 is 1.12 bits per heavy atom. The summed E-state index contributed by atoms with van der Waals surface area (Å²) in [7, 11) is 0. The zero-order chi connectivity index (χ0) is 18.8. The first kappa shape index (κ1) is 19.9. The smallest absolute Gasteiger partial charge is 0.138 e. The largest absolute Gasteiger partial charge is 0.489 e. The molecule has 1 aliphatic heterocycles. The van der Waals surface area contributed by atoms with Crippen LogP contribution in [-0.2, 0) is 9.47 Å². The molecule has 6 nitrogen and oxygen atoms in total. The monoisotopic (exact) mass is 386 g/mol. The number of aliphatic hydroxyl groups is 3. The zero-order valence-electron chi connectivity index (χ0n) is 15.0. The van der Waals surface area contributed by atoms with Gasteiger partial charge in [-0.1, -0.05) is 17.7 Å². The lowest BCUT2D eigenvalue weighted by Gasteiger charge is -2.39. The fourth-order valence-electron chi connectivity index (χ4n) is 3.69. The minimum absolute atomic E-state index is 0.0304. The third kappa shape index (κ3) is 4.16. The van der Waals surface area contributed by atoms with Crippen molar-refractivity contribution in [3.05, 3.63) is 28.8 Å². The van der Waals surface area contributed by atoms with Gasteiger partial charge in [0.1, 0.15) is 36.3 Å². The van der Waals surface area contributed by atoms with Crippen LogP contribution < -0.4 is 4.74 Å². The van der Waals surface area contributed by atoms with E-state index in [-0.39, 0.29) is 12.2 Å². The van der Waals surface area contributed by atoms with Crippen LogP contribution in [0.1, 0.15) is 44.8 Å². The minimum Gasteiger partial charge on any atom is -0.489 e. The summed E-state index contributed by atoms with van der Waals surface area (Å²) in [5.41, 5.74) is 0.647. The van der Waals surface area contributed by atoms with E-state index in [0.717, 1.165) is 19.3 Å². The lowest BCUT2D eigenvalue weighted by atomic mass is 9.91. The van der Waals surface area contributed by atoms with Gasteiger partial charge in [-0.3, -0.25) is 0 Å². The number of halogens is 1. The van der Waals surface area contributed by atoms with Crippen molar-refractivity contribution in [3.8, 4) is 5.75 Å². The Kier molecular flexibility index (Phi) is 6.43. The molecule has 7 heteroatoms. The van der Waals surface area contributed by atoms with E-state index in [9.17, 15) is 15.3 Å². The lowest BCUT2D eigenvalue weighted by molar-refractivity contribution is -0.219. The number of aliphatic hydroxyl groups excluding tert-OH is 3. The van der Waals surface area contributed by atoms with Crippen LogP contribution in [0.5, 0.6) is 5.75 Å². The van der Waals surface area contributed by atoms with Gasteiger partial charge in [-0.05, 0) is 44.4 Å². The summed E-state index contributed by atoms with van der Waals surface area (Å²) in [4.78, 5) is 0. The number of hydrogen-bond acceptors (Lipinski definition) is 6. The predicted molar refractivity (Wildman–Crippen MR) is 96.4 cm³/mol. The molecule has 0 spiro atoms. The highest BCUT2D eigenvalue weighted by Crippen LogP contribution is 2.37. The first-order valence-electron chi connectivity index (χ1n) is 9.18. The van der Waals surface area contributed by atoms with E-state index in [1.54, 1.807) is 25.1 Å². The number of ether oxygens (including phenoxy) is 3. The Morgan fingerprint density at radius 3 is 2.58 bits per heavy atom. The standard InChI is InChI=1S/C19H27ClO6/c1-3-24-12-5-6-13(9-12)26-15-8-11(4-7-14(15)20)19-18(23)17(22)16(21)10(2)25-19/h4,7-8,10,12-13,16-19,21-23H,3,5-6,9H2,1-2H3/t10-,12?,13?,16-,17+,18-,19+/m1/s1. The van der Waals surface area contributed by atoms with Gasteiger partial charge in [-0.2, -0.15) is 0 Å². The maximum atomic E-state index is 10.3. The normalized spacial score (nSPS) is 37.7. The molecular weight excluding hydrogens is 360 g/mol. The molecule has 146 valence electrons. The van der Waals surface area contributed by atoms with Crippen LogP contribution in [-0.4, -0.2) is 58.6 Å². The van der Waals surface area contributed by atoms with Crippen LogP contribution in [0.25, 0.3) is 0 Å². The fraction of sp³-hybridized carbons (Fsp3) is 0.684. The van der Waals surface area contributed by atoms with Crippen molar-refractivity contribution in [2.45, 2.75) is 75.8 Å². The molecule has 0 radical (unpaired) electrons. The summed E-state index contributed by atoms with van der Waals surface area (Å²) >= 11 is 6.28. The fourth-order valence-corrected chi connectivity index (χ4v) is 3.85. The summed E-state index contributed by atoms with van der Waals surface area (Å²) in [5, 5.41) is 30.6. The van der Waals surface area contributed by atoms with Gasteiger partial charge in [0.05, 0.1) is 17.2 Å². The Labute approximate surface area is 158 Å². The van der Waals surface area contributed by atoms with Gasteiger partial charge in [0.25, 0.3) is 0 Å². The molecule has 7 atom stereocenters. The van der Waals surface area contributed by atoms with Crippen LogP contribution in [0.15, 0.2) is 18.2 Å². The van der Waals surface area contributed by atoms with Gasteiger partial charge in [0, 0.05) is 13.0 Å². The van der Waals surface area contributed by atoms with Crippen LogP contribution in [0.3, 0.4) is 0 Å². The molecule has 3 rings (SSSR count). The molecule has 0 aromatic heterocycles. The van der Waals surface area contributed by atoms with Crippen molar-refractivity contribution in [2.24, 2.45) is 0 Å². The molecule has 3 N–H and O–H groups in total. The van der Waals surface area contributed by atoms with Gasteiger partial charge in [0.15, 0.2) is 0 Å². The topological polar surface area (TPSA) is 88.4 Å². The van der Waals surface area contributed by atoms with Gasteiger partial charge in [-0.15, -0.1) is 0 Å². The summed E-state index contributed by atoms with van der Waals surface area (Å²) in [6.45, 7) is 4.33. The summed E-state index contributed by atoms with van der Waals surface area (Å²) in [6.07, 6.45) is -2.07. The summed E-state index contributed by atoms with van der Waals surface area (Å²) in [5.74, 6) is 0.523. The third-order valence-corrected chi connectivity index (χ3v) is 5.48. The number of hydrogen-bond donors (Lipinski definition) is 3. The van der Waals surface area contributed by atoms with Crippen molar-refractivity contribution >= 4 is 11.6 Å². The van der Waals surface area contributed by atoms with Crippen molar-refractivity contribution < 1.29 is 29.5 Å². The van der Waals surface area contributed by atoms with Crippen molar-refractivity contribution in [1.29, 1.82) is 0 Å². The minimum atomic E-state index is -1.27. The number of rotatable bonds is 5. The Balaban J connectivity index is 1.73. The molecule has 0 bridgehead atoms. The number of benzene rings is 1. The van der Waals surface area contributed by atoms with Gasteiger partial charge < -0.3 is 29.5 Å². The van der Waals surface area contributed by atoms with Crippen molar-refractivity contribution in [3.63, 3.8) is 0 Å². The Bertz CT molecular complexity index is 612. The second-order valence-corrected chi connectivity index (χ2v) is 7.46. The van der Waals surface area contributed by atoms with Crippen molar-refractivity contribution in [2.75, 3.05) is 6.61 Å². The molecule has 1 heterocycles. The van der Waals surface area contributed by atoms with E-state index in [1.165, 1.54) is 0 Å². The zero-order valence-corrected chi connectivity index (χ0v) is 15.8. The Hall–Kier alpha value is -0.890. The lowest BCUT2D eigenvalue weighted by Crippen LogP contribution is -2.53. The van der Waals surface area contributed by atoms with E-state index in [4.69, 9.17) is 25.8 Å². The predicted octanol–water partition coefficient (Wildman–Crippen LogP) is 2.22. The molecule has 2 fully saturated rings. The average molecular weight is 387 g/mol. The third-order valence-electron chi connectivity index (χ3n) is 5.17. The summed E-state index contributed by atoms with van der Waals surface area (Å²) < 4.78 is 17.4. The van der Waals surface area contributed by atoms with E-state index < -0.39 is 30.5 Å². The van der Waals surface area contributed by atoms with E-state index in [0.29, 0.717) is 22.9 Å². The average Bonchev–Trinajstić information content (AvgIpc) is 3.06. The molecule has 2 aliphatic rings. The highest BCUT2D eigenvalue weighted by molar-refractivity contribution is 6.32. The second-order valence-electron chi connectivity index (χ2n) is 7.05. The molecule has 1 aliphatic carbocycles. The quantitative estimate of drug-likeness (QED) is 0.719. The van der Waals surface area contributed by atoms with Crippen LogP contribution >= 0.6 is 11.6 Å². The maximum absolute atomic E-state index is 10.3. The highest BCUT2D eigenvalue weighted by atomic mass is 35.5. The van der Waals surface area contributed by atoms with E-state index in [1.807, 2.05) is 6.92 Å². The SMILES string of the molecule is CCOC1CCC(Oc2cc([C@@H]3O[C@H](C)[C@@H](O)[C@H](O)[C@H]3O)ccc2Cl)C1. The van der Waals surface area contributed by atoms with E-state index >= 15 is 0 Å². The first-order chi connectivity index (χ1) is 12.4. The second kappa shape index (κ2) is 8.42. The van der Waals surface area contributed by atoms with Gasteiger partial charge >= 0.3 is 0 Å². The molecular formula is C19H27ClO6. The molecule has 1 saturated heterocycles. The molecule has 0 amide bonds. The molecule has 26 heavy (non-hydrogen) atoms. The maximum Gasteiger partial charge on any atom is 0.138 e. The summed E-state index contributed by atoms with van der Waals surface area (Å²) in [6, 6.07) is 5.17. The molecule has 1 saturated carbocycles. The van der Waals surface area contributed by atoms with Crippen LogP contribution in [0.2, 0.25) is 5.02 Å². The van der Waals surface area contributed by atoms with Gasteiger partial charge in [0.2, 0.25) is 0 Å². The molecule has 1 aromatic rings. The molecule has 1 aromatic carbocycles. The highest BCUT2D eigenvalue weighted by Gasteiger charge is 2.42. The van der Waals surface area contributed by atoms with E-state index in [2.05, 4.69) is 0 Å². The van der Waals surface area contributed by atoms with Crippen molar-refractivity contribution in [1.82, 2.24) is 0 Å². The van der Waals surface area contributed by atoms with Crippen LogP contribution in [0.4, 0.5) is 0 Å². The first-order valence-corrected chi connectivity index (χ1v) is 9.55. The molecule has 2 unspecified atom stereocenters.